The van der Waals surface area contributed by atoms with Crippen molar-refractivity contribution in [2.75, 3.05) is 5.32 Å². The van der Waals surface area contributed by atoms with Gasteiger partial charge in [0.15, 0.2) is 5.76 Å². The van der Waals surface area contributed by atoms with E-state index in [4.69, 9.17) is 4.42 Å². The second-order valence-corrected chi connectivity index (χ2v) is 4.12. The molecule has 0 saturated carbocycles. The molecule has 0 saturated heterocycles. The van der Waals surface area contributed by atoms with E-state index >= 15 is 0 Å². The van der Waals surface area contributed by atoms with E-state index in [9.17, 15) is 4.79 Å². The van der Waals surface area contributed by atoms with Gasteiger partial charge >= 0.3 is 0 Å². The number of carbonyl (C=O) groups is 1. The van der Waals surface area contributed by atoms with Crippen LogP contribution in [0.4, 0.5) is 5.69 Å². The zero-order chi connectivity index (χ0) is 12.4. The van der Waals surface area contributed by atoms with Gasteiger partial charge in [0, 0.05) is 5.69 Å². The molecule has 0 unspecified atom stereocenters. The minimum atomic E-state index is -0.212. The van der Waals surface area contributed by atoms with E-state index < -0.39 is 0 Å². The number of aryl methyl sites for hydroxylation is 3. The van der Waals surface area contributed by atoms with Crippen molar-refractivity contribution in [3.05, 3.63) is 53.0 Å². The van der Waals surface area contributed by atoms with Crippen LogP contribution in [0.1, 0.15) is 27.4 Å². The van der Waals surface area contributed by atoms with Crippen LogP contribution in [0.15, 0.2) is 34.7 Å². The fourth-order valence-electron chi connectivity index (χ4n) is 1.58. The van der Waals surface area contributed by atoms with Crippen LogP contribution in [0, 0.1) is 20.8 Å². The SMILES string of the molecule is Cc1ccccc1NC(=O)c1cc(C)c(C)o1. The Morgan fingerprint density at radius 2 is 1.82 bits per heavy atom. The summed E-state index contributed by atoms with van der Waals surface area (Å²) in [6, 6.07) is 9.40. The summed E-state index contributed by atoms with van der Waals surface area (Å²) >= 11 is 0. The highest BCUT2D eigenvalue weighted by molar-refractivity contribution is 6.02. The number of furan rings is 1. The van der Waals surface area contributed by atoms with Crippen molar-refractivity contribution in [3.8, 4) is 0 Å². The molecule has 1 aromatic carbocycles. The van der Waals surface area contributed by atoms with Crippen molar-refractivity contribution >= 4 is 11.6 Å². The van der Waals surface area contributed by atoms with Gasteiger partial charge in [-0.05, 0) is 44.0 Å². The Labute approximate surface area is 100 Å². The van der Waals surface area contributed by atoms with E-state index in [1.807, 2.05) is 45.0 Å². The van der Waals surface area contributed by atoms with Gasteiger partial charge in [-0.2, -0.15) is 0 Å². The van der Waals surface area contributed by atoms with Crippen molar-refractivity contribution in [2.45, 2.75) is 20.8 Å². The number of nitrogens with one attached hydrogen (secondary N) is 1. The summed E-state index contributed by atoms with van der Waals surface area (Å²) in [5.74, 6) is 0.915. The Kier molecular flexibility index (Phi) is 3.00. The molecular formula is C14H15NO2. The maximum absolute atomic E-state index is 11.9. The number of amides is 1. The molecule has 1 amide bonds. The summed E-state index contributed by atoms with van der Waals surface area (Å²) < 4.78 is 5.38. The first kappa shape index (κ1) is 11.5. The average molecular weight is 229 g/mol. The first-order valence-electron chi connectivity index (χ1n) is 5.52. The third-order valence-corrected chi connectivity index (χ3v) is 2.78. The van der Waals surface area contributed by atoms with Gasteiger partial charge < -0.3 is 9.73 Å². The quantitative estimate of drug-likeness (QED) is 0.856. The van der Waals surface area contributed by atoms with Crippen LogP contribution in [-0.2, 0) is 0 Å². The van der Waals surface area contributed by atoms with E-state index in [1.165, 1.54) is 0 Å². The number of hydrogen-bond acceptors (Lipinski definition) is 2. The third kappa shape index (κ3) is 2.38. The molecule has 0 fully saturated rings. The van der Waals surface area contributed by atoms with E-state index in [0.717, 1.165) is 22.6 Å². The predicted molar refractivity (Wildman–Crippen MR) is 67.3 cm³/mol. The highest BCUT2D eigenvalue weighted by Crippen LogP contribution is 2.17. The topological polar surface area (TPSA) is 42.2 Å². The van der Waals surface area contributed by atoms with Gasteiger partial charge in [0.2, 0.25) is 0 Å². The molecule has 3 heteroatoms. The molecule has 3 nitrogen and oxygen atoms in total. The number of rotatable bonds is 2. The summed E-state index contributed by atoms with van der Waals surface area (Å²) in [5, 5.41) is 2.83. The van der Waals surface area contributed by atoms with Crippen LogP contribution in [0.3, 0.4) is 0 Å². The molecule has 0 radical (unpaired) electrons. The Bertz CT molecular complexity index is 536. The van der Waals surface area contributed by atoms with Gasteiger partial charge in [0.25, 0.3) is 5.91 Å². The maximum Gasteiger partial charge on any atom is 0.291 e. The van der Waals surface area contributed by atoms with Crippen LogP contribution in [-0.4, -0.2) is 5.91 Å². The van der Waals surface area contributed by atoms with Crippen molar-refractivity contribution < 1.29 is 9.21 Å². The first-order chi connectivity index (χ1) is 8.08. The summed E-state index contributed by atoms with van der Waals surface area (Å²) in [6.45, 7) is 5.72. The van der Waals surface area contributed by atoms with Crippen LogP contribution in [0.2, 0.25) is 0 Å². The predicted octanol–water partition coefficient (Wildman–Crippen LogP) is 3.46. The Morgan fingerprint density at radius 1 is 1.12 bits per heavy atom. The smallest absolute Gasteiger partial charge is 0.291 e. The molecule has 0 aliphatic rings. The number of anilines is 1. The highest BCUT2D eigenvalue weighted by atomic mass is 16.3. The van der Waals surface area contributed by atoms with Gasteiger partial charge in [0.05, 0.1) is 0 Å². The molecule has 0 bridgehead atoms. The largest absolute Gasteiger partial charge is 0.456 e. The van der Waals surface area contributed by atoms with Gasteiger partial charge in [-0.25, -0.2) is 0 Å². The van der Waals surface area contributed by atoms with Crippen LogP contribution in [0.5, 0.6) is 0 Å². The number of benzene rings is 1. The number of hydrogen-bond donors (Lipinski definition) is 1. The lowest BCUT2D eigenvalue weighted by atomic mass is 10.2. The van der Waals surface area contributed by atoms with Crippen molar-refractivity contribution in [1.29, 1.82) is 0 Å². The molecule has 0 atom stereocenters. The Hall–Kier alpha value is -2.03. The summed E-state index contributed by atoms with van der Waals surface area (Å²) in [5.41, 5.74) is 2.82. The molecule has 2 rings (SSSR count). The van der Waals surface area contributed by atoms with Crippen molar-refractivity contribution in [3.63, 3.8) is 0 Å². The second kappa shape index (κ2) is 4.45. The van der Waals surface area contributed by atoms with Gasteiger partial charge in [-0.15, -0.1) is 0 Å². The molecule has 0 aliphatic heterocycles. The molecular weight excluding hydrogens is 214 g/mol. The van der Waals surface area contributed by atoms with Crippen LogP contribution < -0.4 is 5.32 Å². The summed E-state index contributed by atoms with van der Waals surface area (Å²) in [7, 11) is 0. The molecule has 88 valence electrons. The Morgan fingerprint density at radius 3 is 2.41 bits per heavy atom. The number of carbonyl (C=O) groups excluding carboxylic acids is 1. The minimum Gasteiger partial charge on any atom is -0.456 e. The lowest BCUT2D eigenvalue weighted by molar-refractivity contribution is 0.0995. The van der Waals surface area contributed by atoms with Crippen LogP contribution in [0.25, 0.3) is 0 Å². The Balaban J connectivity index is 2.20. The molecule has 0 spiro atoms. The van der Waals surface area contributed by atoms with E-state index in [0.29, 0.717) is 5.76 Å². The fourth-order valence-corrected chi connectivity index (χ4v) is 1.58. The standard InChI is InChI=1S/C14H15NO2/c1-9-6-4-5-7-12(9)15-14(16)13-8-10(2)11(3)17-13/h4-8H,1-3H3,(H,15,16). The molecule has 1 N–H and O–H groups in total. The van der Waals surface area contributed by atoms with Crippen molar-refractivity contribution in [1.82, 2.24) is 0 Å². The van der Waals surface area contributed by atoms with Gasteiger partial charge in [-0.1, -0.05) is 18.2 Å². The van der Waals surface area contributed by atoms with E-state index in [-0.39, 0.29) is 5.91 Å². The molecule has 2 aromatic rings. The monoisotopic (exact) mass is 229 g/mol. The van der Waals surface area contributed by atoms with Gasteiger partial charge in [-0.3, -0.25) is 4.79 Å². The van der Waals surface area contributed by atoms with Crippen LogP contribution >= 0.6 is 0 Å². The van der Waals surface area contributed by atoms with Gasteiger partial charge in [0.1, 0.15) is 5.76 Å². The third-order valence-electron chi connectivity index (χ3n) is 2.78. The first-order valence-corrected chi connectivity index (χ1v) is 5.52. The lowest BCUT2D eigenvalue weighted by Gasteiger charge is -2.05. The zero-order valence-corrected chi connectivity index (χ0v) is 10.2. The van der Waals surface area contributed by atoms with E-state index in [1.54, 1.807) is 6.07 Å². The zero-order valence-electron chi connectivity index (χ0n) is 10.2. The average Bonchev–Trinajstić information content (AvgIpc) is 2.63. The molecule has 0 aliphatic carbocycles. The highest BCUT2D eigenvalue weighted by Gasteiger charge is 2.13. The second-order valence-electron chi connectivity index (χ2n) is 4.12. The minimum absolute atomic E-state index is 0.212. The summed E-state index contributed by atoms with van der Waals surface area (Å²) in [6.07, 6.45) is 0. The molecule has 1 aromatic heterocycles. The van der Waals surface area contributed by atoms with Crippen molar-refractivity contribution in [2.24, 2.45) is 0 Å². The summed E-state index contributed by atoms with van der Waals surface area (Å²) in [4.78, 5) is 11.9. The maximum atomic E-state index is 11.9. The van der Waals surface area contributed by atoms with E-state index in [2.05, 4.69) is 5.32 Å². The normalized spacial score (nSPS) is 10.3. The lowest BCUT2D eigenvalue weighted by Crippen LogP contribution is -2.11. The number of para-hydroxylation sites is 1. The fraction of sp³-hybridized carbons (Fsp3) is 0.214. The molecule has 17 heavy (non-hydrogen) atoms. The molecule has 1 heterocycles.